The van der Waals surface area contributed by atoms with Gasteiger partial charge in [0.15, 0.2) is 0 Å². The molecule has 6 aliphatic rings. The van der Waals surface area contributed by atoms with Crippen molar-refractivity contribution in [1.29, 1.82) is 0 Å². The summed E-state index contributed by atoms with van der Waals surface area (Å²) in [4.78, 5) is 28.1. The standard InChI is InChI=1S/C66H52Br2F4O4/c1-33-62-63(33)66(62)24-22-39(23-25-66)36-4-8-38(9-5-36)42-15-19-48-44(27-42)17-21-56(76-65(74)61-53(71)30-46(68)31-54(61)72)59(48)58-47-18-14-41(26-43(47)16-20-55(58)75-64(73)60-51(69)28-45(67)29-52(60)70)37-6-2-34(3-7-37)35-10-12-40(13-11-35)57-49-32-50(49)57/h2-9,14-21,26-31,33,35,39-40,49-50,57,62-63H,10-13,22-25,32H2,1H3. The molecular weight excluding hydrogens is 1090 g/mol. The minimum atomic E-state index is -1.30. The lowest BCUT2D eigenvalue weighted by Gasteiger charge is -2.34. The van der Waals surface area contributed by atoms with Crippen LogP contribution in [0.1, 0.15) is 108 Å². The molecule has 4 unspecified atom stereocenters. The molecule has 0 aromatic heterocycles. The van der Waals surface area contributed by atoms with Gasteiger partial charge in [-0.25, -0.2) is 27.2 Å². The molecule has 6 fully saturated rings. The highest BCUT2D eigenvalue weighted by Crippen LogP contribution is 2.85. The van der Waals surface area contributed by atoms with Crippen molar-refractivity contribution >= 4 is 65.3 Å². The maximum Gasteiger partial charge on any atom is 0.349 e. The van der Waals surface area contributed by atoms with Gasteiger partial charge in [0, 0.05) is 20.1 Å². The Morgan fingerprint density at radius 3 is 1.30 bits per heavy atom. The van der Waals surface area contributed by atoms with E-state index < -0.39 is 46.3 Å². The third-order valence-electron chi connectivity index (χ3n) is 19.0. The average Bonchev–Trinajstić information content (AvgIpc) is 3.64. The second-order valence-electron chi connectivity index (χ2n) is 22.9. The molecule has 1 spiro atoms. The van der Waals surface area contributed by atoms with Gasteiger partial charge in [-0.3, -0.25) is 0 Å². The van der Waals surface area contributed by atoms with Gasteiger partial charge < -0.3 is 9.47 Å². The fraction of sp³-hybridized carbons (Fsp3) is 0.303. The van der Waals surface area contributed by atoms with Crippen molar-refractivity contribution in [2.24, 2.45) is 46.8 Å². The van der Waals surface area contributed by atoms with Crippen LogP contribution in [0.5, 0.6) is 11.5 Å². The van der Waals surface area contributed by atoms with Crippen LogP contribution in [0.15, 0.2) is 142 Å². The Morgan fingerprint density at radius 2 is 0.908 bits per heavy atom. The maximum atomic E-state index is 15.5. The molecule has 4 nitrogen and oxygen atoms in total. The second-order valence-corrected chi connectivity index (χ2v) is 24.8. The van der Waals surface area contributed by atoms with Gasteiger partial charge in [-0.1, -0.05) is 124 Å². The van der Waals surface area contributed by atoms with Crippen molar-refractivity contribution in [1.82, 2.24) is 0 Å². The normalized spacial score (nSPS) is 26.7. The largest absolute Gasteiger partial charge is 0.422 e. The Kier molecular flexibility index (Phi) is 11.6. The van der Waals surface area contributed by atoms with Crippen LogP contribution in [0.4, 0.5) is 17.6 Å². The number of hydrogen-bond donors (Lipinski definition) is 0. The Morgan fingerprint density at radius 1 is 0.500 bits per heavy atom. The van der Waals surface area contributed by atoms with Gasteiger partial charge in [0.1, 0.15) is 45.9 Å². The molecule has 0 amide bonds. The van der Waals surface area contributed by atoms with Gasteiger partial charge in [0.25, 0.3) is 0 Å². The molecule has 76 heavy (non-hydrogen) atoms. The van der Waals surface area contributed by atoms with Gasteiger partial charge in [0.2, 0.25) is 0 Å². The Bertz CT molecular complexity index is 3660. The summed E-state index contributed by atoms with van der Waals surface area (Å²) in [5.41, 5.74) is 5.90. The van der Waals surface area contributed by atoms with Crippen LogP contribution in [0, 0.1) is 70.1 Å². The average molecular weight is 1140 g/mol. The lowest BCUT2D eigenvalue weighted by atomic mass is 9.70. The highest BCUT2D eigenvalue weighted by atomic mass is 79.9. The fourth-order valence-corrected chi connectivity index (χ4v) is 15.6. The predicted octanol–water partition coefficient (Wildman–Crippen LogP) is 18.6. The van der Waals surface area contributed by atoms with E-state index >= 15 is 17.6 Å². The second kappa shape index (κ2) is 18.3. The number of carbonyl (C=O) groups is 2. The predicted molar refractivity (Wildman–Crippen MR) is 295 cm³/mol. The molecule has 4 atom stereocenters. The lowest BCUT2D eigenvalue weighted by Crippen LogP contribution is -2.23. The SMILES string of the molecule is CC1C2C1C21CCC(c2ccc(-c3ccc4c(-c5c(OC(=O)c6c(F)cc(Br)cc6F)ccc6cc(-c7ccc(C8CCC(C9C%10CC%109)CC8)cc7)ccc56)c(OC(=O)c5c(F)cc(Br)cc5F)ccc4c3)cc2)CC1. The summed E-state index contributed by atoms with van der Waals surface area (Å²) in [6.45, 7) is 2.40. The van der Waals surface area contributed by atoms with Crippen molar-refractivity contribution in [3.05, 3.63) is 188 Å². The molecule has 0 saturated heterocycles. The summed E-state index contributed by atoms with van der Waals surface area (Å²) >= 11 is 6.19. The lowest BCUT2D eigenvalue weighted by molar-refractivity contribution is 0.0712. The summed E-state index contributed by atoms with van der Waals surface area (Å²) in [5.74, 6) is 0.604. The van der Waals surface area contributed by atoms with Crippen molar-refractivity contribution < 1.29 is 36.6 Å². The van der Waals surface area contributed by atoms with Crippen molar-refractivity contribution in [2.45, 2.75) is 76.5 Å². The van der Waals surface area contributed by atoms with Crippen LogP contribution in [0.25, 0.3) is 54.9 Å². The highest BCUT2D eigenvalue weighted by molar-refractivity contribution is 9.10. The van der Waals surface area contributed by atoms with E-state index in [1.807, 2.05) is 36.4 Å². The Balaban J connectivity index is 0.856. The molecule has 0 radical (unpaired) electrons. The van der Waals surface area contributed by atoms with E-state index in [1.165, 1.54) is 68.9 Å². The zero-order chi connectivity index (χ0) is 51.9. The number of carbonyl (C=O) groups excluding carboxylic acids is 2. The molecule has 10 heteroatoms. The minimum Gasteiger partial charge on any atom is -0.422 e. The highest BCUT2D eigenvalue weighted by Gasteiger charge is 2.80. The Labute approximate surface area is 455 Å². The van der Waals surface area contributed by atoms with Crippen molar-refractivity contribution in [3.63, 3.8) is 0 Å². The monoisotopic (exact) mass is 1140 g/mol. The molecule has 6 aliphatic carbocycles. The first kappa shape index (κ1) is 48.3. The van der Waals surface area contributed by atoms with Crippen molar-refractivity contribution in [3.8, 4) is 44.9 Å². The third-order valence-corrected chi connectivity index (χ3v) is 20.0. The van der Waals surface area contributed by atoms with Crippen LogP contribution in [-0.2, 0) is 0 Å². The Hall–Kier alpha value is -6.10. The minimum absolute atomic E-state index is 0.0977. The van der Waals surface area contributed by atoms with Crippen LogP contribution >= 0.6 is 31.9 Å². The van der Waals surface area contributed by atoms with E-state index in [-0.39, 0.29) is 31.6 Å². The summed E-state index contributed by atoms with van der Waals surface area (Å²) < 4.78 is 74.1. The van der Waals surface area contributed by atoms with Gasteiger partial charge in [-0.2, -0.15) is 0 Å². The van der Waals surface area contributed by atoms with Gasteiger partial charge in [-0.15, -0.1) is 0 Å². The van der Waals surface area contributed by atoms with Gasteiger partial charge in [0.05, 0.1) is 0 Å². The molecule has 8 aromatic carbocycles. The van der Waals surface area contributed by atoms with Crippen LogP contribution in [-0.4, -0.2) is 11.9 Å². The summed E-state index contributed by atoms with van der Waals surface area (Å²) in [5, 5.41) is 2.50. The summed E-state index contributed by atoms with van der Waals surface area (Å²) in [6.07, 6.45) is 11.6. The van der Waals surface area contributed by atoms with E-state index in [0.717, 1.165) is 87.9 Å². The van der Waals surface area contributed by atoms with Crippen LogP contribution < -0.4 is 9.47 Å². The van der Waals surface area contributed by atoms with Crippen LogP contribution in [0.3, 0.4) is 0 Å². The number of hydrogen-bond acceptors (Lipinski definition) is 4. The number of fused-ring (bicyclic) bond motifs is 6. The first-order valence-electron chi connectivity index (χ1n) is 26.9. The zero-order valence-electron chi connectivity index (χ0n) is 41.7. The smallest absolute Gasteiger partial charge is 0.349 e. The first-order valence-corrected chi connectivity index (χ1v) is 28.5. The molecule has 382 valence electrons. The molecular formula is C66H52Br2F4O4. The summed E-state index contributed by atoms with van der Waals surface area (Å²) in [6, 6.07) is 39.8. The van der Waals surface area contributed by atoms with Crippen molar-refractivity contribution in [2.75, 3.05) is 0 Å². The van der Waals surface area contributed by atoms with E-state index in [4.69, 9.17) is 9.47 Å². The molecule has 0 heterocycles. The number of esters is 2. The third kappa shape index (κ3) is 8.25. The van der Waals surface area contributed by atoms with E-state index in [0.29, 0.717) is 38.8 Å². The number of ether oxygens (including phenoxy) is 2. The number of benzene rings is 8. The molecule has 6 saturated carbocycles. The fourth-order valence-electron chi connectivity index (χ4n) is 14.8. The molecule has 0 N–H and O–H groups in total. The zero-order valence-corrected chi connectivity index (χ0v) is 44.8. The van der Waals surface area contributed by atoms with Crippen LogP contribution in [0.2, 0.25) is 0 Å². The number of halogens is 6. The maximum absolute atomic E-state index is 15.5. The van der Waals surface area contributed by atoms with Gasteiger partial charge in [-0.05, 0) is 220 Å². The molecule has 8 aromatic rings. The molecule has 0 aliphatic heterocycles. The number of rotatable bonds is 10. The molecule has 0 bridgehead atoms. The topological polar surface area (TPSA) is 52.6 Å². The quantitative estimate of drug-likeness (QED) is 0.0778. The van der Waals surface area contributed by atoms with E-state index in [1.54, 1.807) is 24.3 Å². The molecule has 14 rings (SSSR count). The first-order chi connectivity index (χ1) is 36.8. The van der Waals surface area contributed by atoms with E-state index in [2.05, 4.69) is 87.3 Å². The summed E-state index contributed by atoms with van der Waals surface area (Å²) in [7, 11) is 0. The van der Waals surface area contributed by atoms with E-state index in [9.17, 15) is 9.59 Å². The van der Waals surface area contributed by atoms with Gasteiger partial charge >= 0.3 is 11.9 Å².